The molecule has 0 aliphatic heterocycles. The average Bonchev–Trinajstić information content (AvgIpc) is 2.56. The van der Waals surface area contributed by atoms with Crippen LogP contribution >= 0.6 is 0 Å². The lowest BCUT2D eigenvalue weighted by Crippen LogP contribution is -2.56. The number of aromatic nitrogens is 2. The highest BCUT2D eigenvalue weighted by Gasteiger charge is 2.30. The Hall–Kier alpha value is -2.23. The van der Waals surface area contributed by atoms with Crippen LogP contribution in [-0.2, 0) is 17.9 Å². The van der Waals surface area contributed by atoms with Gasteiger partial charge in [0, 0.05) is 29.7 Å². The van der Waals surface area contributed by atoms with Gasteiger partial charge in [-0.05, 0) is 6.42 Å². The molecule has 0 bridgehead atoms. The van der Waals surface area contributed by atoms with Gasteiger partial charge in [-0.25, -0.2) is 9.13 Å². The summed E-state index contributed by atoms with van der Waals surface area (Å²) < 4.78 is 4.21. The van der Waals surface area contributed by atoms with E-state index >= 15 is 0 Å². The van der Waals surface area contributed by atoms with E-state index in [1.807, 2.05) is 82.0 Å². The number of carbonyl (C=O) groups excluding carboxylic acids is 1. The van der Waals surface area contributed by atoms with Crippen LogP contribution in [0.15, 0.2) is 61.2 Å². The molecular weight excluding hydrogens is 286 g/mol. The fourth-order valence-corrected chi connectivity index (χ4v) is 2.31. The molecule has 0 aromatic carbocycles. The second-order valence-electron chi connectivity index (χ2n) is 6.55. The van der Waals surface area contributed by atoms with Crippen LogP contribution in [0.25, 0.3) is 0 Å². The Labute approximate surface area is 138 Å². The van der Waals surface area contributed by atoms with Crippen LogP contribution in [0.2, 0.25) is 0 Å². The lowest BCUT2D eigenvalue weighted by molar-refractivity contribution is -0.730. The van der Waals surface area contributed by atoms with Crippen molar-refractivity contribution in [3.8, 4) is 0 Å². The predicted molar refractivity (Wildman–Crippen MR) is 89.3 cm³/mol. The van der Waals surface area contributed by atoms with E-state index in [4.69, 9.17) is 0 Å². The molecule has 0 aliphatic rings. The van der Waals surface area contributed by atoms with E-state index in [2.05, 4.69) is 14.5 Å². The van der Waals surface area contributed by atoms with Crippen molar-refractivity contribution in [3.05, 3.63) is 61.2 Å². The molecule has 4 heteroatoms. The smallest absolute Gasteiger partial charge is 0.226 e. The summed E-state index contributed by atoms with van der Waals surface area (Å²) in [5.74, 6) is 0.109. The van der Waals surface area contributed by atoms with E-state index in [9.17, 15) is 4.79 Å². The van der Waals surface area contributed by atoms with Crippen molar-refractivity contribution >= 4 is 5.91 Å². The summed E-state index contributed by atoms with van der Waals surface area (Å²) in [6.07, 6.45) is 8.93. The molecule has 0 fully saturated rings. The number of pyridine rings is 2. The van der Waals surface area contributed by atoms with E-state index in [-0.39, 0.29) is 17.4 Å². The van der Waals surface area contributed by atoms with Crippen molar-refractivity contribution in [1.82, 2.24) is 5.32 Å². The van der Waals surface area contributed by atoms with Gasteiger partial charge in [-0.15, -0.1) is 0 Å². The quantitative estimate of drug-likeness (QED) is 0.779. The Morgan fingerprint density at radius 1 is 0.913 bits per heavy atom. The molecule has 0 saturated heterocycles. The normalized spacial score (nSPS) is 11.5. The minimum atomic E-state index is -0.346. The van der Waals surface area contributed by atoms with Gasteiger partial charge in [0.2, 0.25) is 5.91 Å². The lowest BCUT2D eigenvalue weighted by atomic mass is 9.89. The first kappa shape index (κ1) is 17.1. The van der Waals surface area contributed by atoms with E-state index in [0.717, 1.165) is 19.5 Å². The van der Waals surface area contributed by atoms with Gasteiger partial charge in [-0.2, -0.15) is 0 Å². The molecule has 1 N–H and O–H groups in total. The summed E-state index contributed by atoms with van der Waals surface area (Å²) in [5, 5.41) is 3.22. The Bertz CT molecular complexity index is 570. The van der Waals surface area contributed by atoms with E-state index in [1.165, 1.54) is 0 Å². The molecule has 2 rings (SSSR count). The molecule has 0 saturated carbocycles. The van der Waals surface area contributed by atoms with E-state index < -0.39 is 0 Å². The molecule has 0 unspecified atom stereocenters. The number of nitrogens with zero attached hydrogens (tertiary/aromatic N) is 2. The van der Waals surface area contributed by atoms with Crippen LogP contribution < -0.4 is 14.5 Å². The van der Waals surface area contributed by atoms with Crippen molar-refractivity contribution in [2.75, 3.05) is 0 Å². The number of carbonyl (C=O) groups is 1. The zero-order valence-electron chi connectivity index (χ0n) is 14.3. The maximum atomic E-state index is 12.6. The van der Waals surface area contributed by atoms with Gasteiger partial charge in [0.05, 0.1) is 0 Å². The molecular formula is C19H27N3O+2. The SMILES string of the molecule is CCC(C)(C)C(=O)NC(C[n+]1ccccc1)C[n+]1ccccc1. The van der Waals surface area contributed by atoms with Gasteiger partial charge in [-0.3, -0.25) is 4.79 Å². The van der Waals surface area contributed by atoms with Crippen LogP contribution in [0.1, 0.15) is 27.2 Å². The Balaban J connectivity index is 2.12. The molecule has 2 heterocycles. The van der Waals surface area contributed by atoms with Crippen molar-refractivity contribution in [2.24, 2.45) is 5.41 Å². The second-order valence-corrected chi connectivity index (χ2v) is 6.55. The third-order valence-corrected chi connectivity index (χ3v) is 4.25. The van der Waals surface area contributed by atoms with Crippen LogP contribution in [-0.4, -0.2) is 11.9 Å². The minimum Gasteiger partial charge on any atom is -0.341 e. The first-order valence-electron chi connectivity index (χ1n) is 8.20. The number of rotatable bonds is 7. The molecule has 1 amide bonds. The second kappa shape index (κ2) is 7.86. The van der Waals surface area contributed by atoms with Gasteiger partial charge < -0.3 is 5.32 Å². The number of nitrogens with one attached hydrogen (secondary N) is 1. The summed E-state index contributed by atoms with van der Waals surface area (Å²) in [6, 6.07) is 12.0. The fraction of sp³-hybridized carbons (Fsp3) is 0.421. The highest BCUT2D eigenvalue weighted by atomic mass is 16.2. The number of hydrogen-bond donors (Lipinski definition) is 1. The first-order chi connectivity index (χ1) is 11.0. The summed E-state index contributed by atoms with van der Waals surface area (Å²) in [4.78, 5) is 12.6. The molecule has 0 aliphatic carbocycles. The summed E-state index contributed by atoms with van der Waals surface area (Å²) >= 11 is 0. The van der Waals surface area contributed by atoms with Crippen molar-refractivity contribution in [1.29, 1.82) is 0 Å². The zero-order valence-corrected chi connectivity index (χ0v) is 14.3. The molecule has 2 aromatic rings. The Morgan fingerprint density at radius 2 is 1.35 bits per heavy atom. The maximum absolute atomic E-state index is 12.6. The monoisotopic (exact) mass is 313 g/mol. The highest BCUT2D eigenvalue weighted by Crippen LogP contribution is 2.19. The summed E-state index contributed by atoms with van der Waals surface area (Å²) in [5.41, 5.74) is -0.346. The van der Waals surface area contributed by atoms with Gasteiger partial charge in [0.15, 0.2) is 37.9 Å². The summed E-state index contributed by atoms with van der Waals surface area (Å²) in [6.45, 7) is 7.52. The van der Waals surface area contributed by atoms with E-state index in [1.54, 1.807) is 0 Å². The fourth-order valence-electron chi connectivity index (χ4n) is 2.31. The lowest BCUT2D eigenvalue weighted by Gasteiger charge is -2.24. The van der Waals surface area contributed by atoms with Crippen molar-refractivity contribution < 1.29 is 13.9 Å². The topological polar surface area (TPSA) is 36.9 Å². The third-order valence-electron chi connectivity index (χ3n) is 4.25. The predicted octanol–water partition coefficient (Wildman–Crippen LogP) is 1.88. The largest absolute Gasteiger partial charge is 0.341 e. The third kappa shape index (κ3) is 5.16. The maximum Gasteiger partial charge on any atom is 0.226 e. The van der Waals surface area contributed by atoms with Gasteiger partial charge in [0.1, 0.15) is 6.04 Å². The average molecular weight is 313 g/mol. The molecule has 4 nitrogen and oxygen atoms in total. The molecule has 2 aromatic heterocycles. The van der Waals surface area contributed by atoms with Gasteiger partial charge in [0.25, 0.3) is 0 Å². The minimum absolute atomic E-state index is 0.0353. The van der Waals surface area contributed by atoms with Gasteiger partial charge in [-0.1, -0.05) is 32.9 Å². The number of amides is 1. The summed E-state index contributed by atoms with van der Waals surface area (Å²) in [7, 11) is 0. The van der Waals surface area contributed by atoms with Gasteiger partial charge >= 0.3 is 0 Å². The number of hydrogen-bond acceptors (Lipinski definition) is 1. The Kier molecular flexibility index (Phi) is 5.85. The van der Waals surface area contributed by atoms with Crippen LogP contribution in [0.3, 0.4) is 0 Å². The van der Waals surface area contributed by atoms with Crippen molar-refractivity contribution in [3.63, 3.8) is 0 Å². The van der Waals surface area contributed by atoms with Crippen LogP contribution in [0.5, 0.6) is 0 Å². The zero-order chi connectivity index (χ0) is 16.7. The molecule has 23 heavy (non-hydrogen) atoms. The molecule has 0 spiro atoms. The molecule has 0 radical (unpaired) electrons. The van der Waals surface area contributed by atoms with Crippen LogP contribution in [0.4, 0.5) is 0 Å². The first-order valence-corrected chi connectivity index (χ1v) is 8.20. The Morgan fingerprint density at radius 3 is 1.74 bits per heavy atom. The van der Waals surface area contributed by atoms with Crippen molar-refractivity contribution in [2.45, 2.75) is 46.3 Å². The standard InChI is InChI=1S/C19H26N3O/c1-4-19(2,3)18(23)20-17(15-21-11-7-5-8-12-21)16-22-13-9-6-10-14-22/h5-14,17H,4,15-16H2,1-3H3/q+1/p+1. The molecule has 0 atom stereocenters. The van der Waals surface area contributed by atoms with Crippen LogP contribution in [0, 0.1) is 5.41 Å². The highest BCUT2D eigenvalue weighted by molar-refractivity contribution is 5.81. The van der Waals surface area contributed by atoms with E-state index in [0.29, 0.717) is 0 Å². The molecule has 122 valence electrons.